The maximum absolute atomic E-state index is 12.3. The molecular formula is C13H13F2NO2. The Morgan fingerprint density at radius 2 is 2.00 bits per heavy atom. The van der Waals surface area contributed by atoms with Crippen LogP contribution in [-0.2, 0) is 0 Å². The second-order valence-electron chi connectivity index (χ2n) is 4.30. The van der Waals surface area contributed by atoms with Gasteiger partial charge in [0.15, 0.2) is 5.43 Å². The SMILES string of the molecule is CC(C)c1cc(=O)c2cccc(OC(F)F)c2[nH]1. The number of aromatic nitrogens is 1. The van der Waals surface area contributed by atoms with Crippen molar-refractivity contribution in [1.82, 2.24) is 4.98 Å². The fourth-order valence-electron chi connectivity index (χ4n) is 1.77. The maximum Gasteiger partial charge on any atom is 0.387 e. The quantitative estimate of drug-likeness (QED) is 0.912. The lowest BCUT2D eigenvalue weighted by Crippen LogP contribution is -2.09. The molecule has 0 saturated heterocycles. The Kier molecular flexibility index (Phi) is 3.32. The molecule has 2 aromatic rings. The van der Waals surface area contributed by atoms with Crippen LogP contribution in [0.3, 0.4) is 0 Å². The summed E-state index contributed by atoms with van der Waals surface area (Å²) >= 11 is 0. The molecular weight excluding hydrogens is 240 g/mol. The molecule has 3 nitrogen and oxygen atoms in total. The number of pyridine rings is 1. The van der Waals surface area contributed by atoms with E-state index in [1.54, 1.807) is 6.07 Å². The lowest BCUT2D eigenvalue weighted by molar-refractivity contribution is -0.0489. The Hall–Kier alpha value is -1.91. The summed E-state index contributed by atoms with van der Waals surface area (Å²) in [7, 11) is 0. The largest absolute Gasteiger partial charge is 0.433 e. The summed E-state index contributed by atoms with van der Waals surface area (Å²) in [6.07, 6.45) is 0. The van der Waals surface area contributed by atoms with E-state index in [4.69, 9.17) is 0 Å². The van der Waals surface area contributed by atoms with Gasteiger partial charge >= 0.3 is 6.61 Å². The number of halogens is 2. The molecule has 0 radical (unpaired) electrons. The van der Waals surface area contributed by atoms with Crippen LogP contribution in [0.2, 0.25) is 0 Å². The average Bonchev–Trinajstić information content (AvgIpc) is 2.29. The molecule has 0 spiro atoms. The number of fused-ring (bicyclic) bond motifs is 1. The van der Waals surface area contributed by atoms with Gasteiger partial charge < -0.3 is 9.72 Å². The zero-order valence-electron chi connectivity index (χ0n) is 10.0. The molecule has 0 atom stereocenters. The Labute approximate surface area is 102 Å². The van der Waals surface area contributed by atoms with Crippen molar-refractivity contribution in [1.29, 1.82) is 0 Å². The second kappa shape index (κ2) is 4.76. The molecule has 1 aromatic carbocycles. The summed E-state index contributed by atoms with van der Waals surface area (Å²) in [6.45, 7) is 0.906. The predicted molar refractivity (Wildman–Crippen MR) is 65.3 cm³/mol. The molecule has 0 aliphatic carbocycles. The molecule has 0 fully saturated rings. The third kappa shape index (κ3) is 2.34. The summed E-state index contributed by atoms with van der Waals surface area (Å²) in [4.78, 5) is 14.9. The Morgan fingerprint density at radius 3 is 2.61 bits per heavy atom. The lowest BCUT2D eigenvalue weighted by Gasteiger charge is -2.11. The van der Waals surface area contributed by atoms with Crippen molar-refractivity contribution in [2.45, 2.75) is 26.4 Å². The van der Waals surface area contributed by atoms with Gasteiger partial charge in [-0.25, -0.2) is 0 Å². The van der Waals surface area contributed by atoms with Crippen LogP contribution in [0.1, 0.15) is 25.5 Å². The molecule has 96 valence electrons. The van der Waals surface area contributed by atoms with Gasteiger partial charge in [-0.1, -0.05) is 19.9 Å². The van der Waals surface area contributed by atoms with Crippen LogP contribution in [0.25, 0.3) is 10.9 Å². The third-order valence-electron chi connectivity index (χ3n) is 2.69. The summed E-state index contributed by atoms with van der Waals surface area (Å²) in [6, 6.07) is 5.99. The van der Waals surface area contributed by atoms with Crippen molar-refractivity contribution < 1.29 is 13.5 Å². The monoisotopic (exact) mass is 253 g/mol. The Balaban J connectivity index is 2.69. The van der Waals surface area contributed by atoms with Crippen LogP contribution in [0.5, 0.6) is 5.75 Å². The Bertz CT molecular complexity index is 620. The van der Waals surface area contributed by atoms with Gasteiger partial charge in [0, 0.05) is 17.1 Å². The first-order chi connectivity index (χ1) is 8.49. The molecule has 0 aliphatic heterocycles. The van der Waals surface area contributed by atoms with E-state index < -0.39 is 6.61 Å². The second-order valence-corrected chi connectivity index (χ2v) is 4.30. The van der Waals surface area contributed by atoms with Crippen LogP contribution in [0.15, 0.2) is 29.1 Å². The van der Waals surface area contributed by atoms with E-state index in [0.717, 1.165) is 0 Å². The van der Waals surface area contributed by atoms with Gasteiger partial charge in [-0.15, -0.1) is 0 Å². The van der Waals surface area contributed by atoms with Crippen molar-refractivity contribution in [3.8, 4) is 5.75 Å². The van der Waals surface area contributed by atoms with Gasteiger partial charge in [-0.2, -0.15) is 8.78 Å². The van der Waals surface area contributed by atoms with Crippen molar-refractivity contribution in [2.75, 3.05) is 0 Å². The summed E-state index contributed by atoms with van der Waals surface area (Å²) in [5.41, 5.74) is 0.805. The molecule has 0 unspecified atom stereocenters. The van der Waals surface area contributed by atoms with Crippen molar-refractivity contribution in [2.24, 2.45) is 0 Å². The molecule has 1 N–H and O–H groups in total. The number of benzene rings is 1. The molecule has 0 aliphatic rings. The number of rotatable bonds is 3. The molecule has 0 bridgehead atoms. The minimum Gasteiger partial charge on any atom is -0.433 e. The molecule has 5 heteroatoms. The molecule has 2 rings (SSSR count). The molecule has 0 saturated carbocycles. The standard InChI is InChI=1S/C13H13F2NO2/c1-7(2)9-6-10(17)8-4-3-5-11(12(8)16-9)18-13(14)15/h3-7,13H,1-2H3,(H,16,17). The number of hydrogen-bond donors (Lipinski definition) is 1. The minimum absolute atomic E-state index is 0.0119. The molecule has 1 aromatic heterocycles. The zero-order chi connectivity index (χ0) is 13.3. The van der Waals surface area contributed by atoms with Gasteiger partial charge in [0.1, 0.15) is 5.75 Å². The molecule has 1 heterocycles. The van der Waals surface area contributed by atoms with Crippen LogP contribution in [0, 0.1) is 0 Å². The summed E-state index contributed by atoms with van der Waals surface area (Å²) in [5, 5.41) is 0.345. The third-order valence-corrected chi connectivity index (χ3v) is 2.69. The van der Waals surface area contributed by atoms with Crippen LogP contribution >= 0.6 is 0 Å². The fraction of sp³-hybridized carbons (Fsp3) is 0.308. The summed E-state index contributed by atoms with van der Waals surface area (Å²) in [5.74, 6) is 0.0869. The van der Waals surface area contributed by atoms with Gasteiger partial charge in [0.05, 0.1) is 5.52 Å². The number of para-hydroxylation sites is 1. The van der Waals surface area contributed by atoms with Crippen molar-refractivity contribution >= 4 is 10.9 Å². The smallest absolute Gasteiger partial charge is 0.387 e. The highest BCUT2D eigenvalue weighted by molar-refractivity contribution is 5.84. The highest BCUT2D eigenvalue weighted by Crippen LogP contribution is 2.24. The maximum atomic E-state index is 12.3. The van der Waals surface area contributed by atoms with E-state index in [2.05, 4.69) is 9.72 Å². The Morgan fingerprint density at radius 1 is 1.28 bits per heavy atom. The number of nitrogens with one attached hydrogen (secondary N) is 1. The van der Waals surface area contributed by atoms with Crippen LogP contribution in [0.4, 0.5) is 8.78 Å². The van der Waals surface area contributed by atoms with Gasteiger partial charge in [-0.3, -0.25) is 4.79 Å². The van der Waals surface area contributed by atoms with Gasteiger partial charge in [-0.05, 0) is 18.1 Å². The first-order valence-electron chi connectivity index (χ1n) is 5.60. The van der Waals surface area contributed by atoms with Gasteiger partial charge in [0.25, 0.3) is 0 Å². The number of ether oxygens (including phenoxy) is 1. The first kappa shape index (κ1) is 12.5. The highest BCUT2D eigenvalue weighted by atomic mass is 19.3. The normalized spacial score (nSPS) is 11.4. The van der Waals surface area contributed by atoms with Gasteiger partial charge in [0.2, 0.25) is 0 Å². The van der Waals surface area contributed by atoms with E-state index in [-0.39, 0.29) is 17.1 Å². The van der Waals surface area contributed by atoms with Crippen LogP contribution < -0.4 is 10.2 Å². The lowest BCUT2D eigenvalue weighted by atomic mass is 10.1. The highest BCUT2D eigenvalue weighted by Gasteiger charge is 2.12. The van der Waals surface area contributed by atoms with E-state index >= 15 is 0 Å². The van der Waals surface area contributed by atoms with E-state index in [1.807, 2.05) is 13.8 Å². The number of hydrogen-bond acceptors (Lipinski definition) is 2. The fourth-order valence-corrected chi connectivity index (χ4v) is 1.77. The van der Waals surface area contributed by atoms with Crippen molar-refractivity contribution in [3.05, 3.63) is 40.2 Å². The summed E-state index contributed by atoms with van der Waals surface area (Å²) < 4.78 is 29.0. The number of H-pyrrole nitrogens is 1. The topological polar surface area (TPSA) is 42.1 Å². The number of aromatic amines is 1. The molecule has 0 amide bonds. The van der Waals surface area contributed by atoms with Crippen LogP contribution in [-0.4, -0.2) is 11.6 Å². The van der Waals surface area contributed by atoms with Crippen molar-refractivity contribution in [3.63, 3.8) is 0 Å². The molecule has 18 heavy (non-hydrogen) atoms. The first-order valence-corrected chi connectivity index (χ1v) is 5.60. The predicted octanol–water partition coefficient (Wildman–Crippen LogP) is 3.25. The minimum atomic E-state index is -2.91. The van der Waals surface area contributed by atoms with E-state index in [9.17, 15) is 13.6 Å². The average molecular weight is 253 g/mol. The zero-order valence-corrected chi connectivity index (χ0v) is 10.0. The number of alkyl halides is 2. The van der Waals surface area contributed by atoms with E-state index in [1.165, 1.54) is 18.2 Å². The van der Waals surface area contributed by atoms with E-state index in [0.29, 0.717) is 16.6 Å².